The third kappa shape index (κ3) is 4.06. The van der Waals surface area contributed by atoms with Gasteiger partial charge in [0.05, 0.1) is 5.39 Å². The monoisotopic (exact) mass is 427 g/mol. The Balaban J connectivity index is 1.36. The quantitative estimate of drug-likeness (QED) is 0.432. The summed E-state index contributed by atoms with van der Waals surface area (Å²) in [6.45, 7) is 0.505. The van der Waals surface area contributed by atoms with Gasteiger partial charge in [0.25, 0.3) is 5.91 Å². The minimum Gasteiger partial charge on any atom is -0.356 e. The van der Waals surface area contributed by atoms with Gasteiger partial charge in [0, 0.05) is 53.8 Å². The Morgan fingerprint density at radius 3 is 2.90 bits per heavy atom. The SMILES string of the molecule is O=C(NCCc1ccccn1)c1ccc2onc(-c3csc(-c4cccnc4)n3)c2c1. The van der Waals surface area contributed by atoms with E-state index in [0.717, 1.165) is 21.7 Å². The van der Waals surface area contributed by atoms with Crippen LogP contribution in [-0.4, -0.2) is 32.6 Å². The molecular weight excluding hydrogens is 410 g/mol. The van der Waals surface area contributed by atoms with Crippen molar-refractivity contribution in [2.75, 3.05) is 6.54 Å². The van der Waals surface area contributed by atoms with Gasteiger partial charge in [0.15, 0.2) is 5.58 Å². The summed E-state index contributed by atoms with van der Waals surface area (Å²) in [6.07, 6.45) is 5.92. The molecular formula is C23H17N5O2S. The molecule has 0 spiro atoms. The highest BCUT2D eigenvalue weighted by Crippen LogP contribution is 2.32. The van der Waals surface area contributed by atoms with E-state index < -0.39 is 0 Å². The van der Waals surface area contributed by atoms with Crippen LogP contribution in [0.4, 0.5) is 0 Å². The van der Waals surface area contributed by atoms with E-state index in [1.807, 2.05) is 35.7 Å². The molecule has 1 N–H and O–H groups in total. The molecule has 0 atom stereocenters. The summed E-state index contributed by atoms with van der Waals surface area (Å²) in [5.74, 6) is -0.153. The second-order valence-electron chi connectivity index (χ2n) is 6.85. The summed E-state index contributed by atoms with van der Waals surface area (Å²) < 4.78 is 5.45. The standard InChI is InChI=1S/C23H17N5O2S/c29-22(26-11-8-17-5-1-2-10-25-17)15-6-7-20-18(12-15)21(28-30-20)19-14-31-23(27-19)16-4-3-9-24-13-16/h1-7,9-10,12-14H,8,11H2,(H,26,29). The van der Waals surface area contributed by atoms with E-state index in [1.165, 1.54) is 11.3 Å². The number of benzene rings is 1. The summed E-state index contributed by atoms with van der Waals surface area (Å²) in [6, 6.07) is 14.9. The lowest BCUT2D eigenvalue weighted by atomic mass is 10.1. The number of rotatable bonds is 6. The average molecular weight is 427 g/mol. The maximum absolute atomic E-state index is 12.6. The van der Waals surface area contributed by atoms with Gasteiger partial charge in [0.1, 0.15) is 16.4 Å². The molecule has 4 heterocycles. The number of nitrogens with zero attached hydrogens (tertiary/aromatic N) is 4. The third-order valence-electron chi connectivity index (χ3n) is 4.78. The lowest BCUT2D eigenvalue weighted by Gasteiger charge is -2.05. The second kappa shape index (κ2) is 8.45. The summed E-state index contributed by atoms with van der Waals surface area (Å²) in [5.41, 5.74) is 4.35. The van der Waals surface area contributed by atoms with Crippen molar-refractivity contribution in [3.8, 4) is 22.0 Å². The van der Waals surface area contributed by atoms with Crippen molar-refractivity contribution in [3.63, 3.8) is 0 Å². The van der Waals surface area contributed by atoms with Crippen LogP contribution in [0.25, 0.3) is 32.9 Å². The van der Waals surface area contributed by atoms with Gasteiger partial charge in [-0.15, -0.1) is 11.3 Å². The number of thiazole rings is 1. The molecule has 0 aliphatic heterocycles. The van der Waals surface area contributed by atoms with Crippen LogP contribution in [0.2, 0.25) is 0 Å². The smallest absolute Gasteiger partial charge is 0.251 e. The van der Waals surface area contributed by atoms with Crippen LogP contribution in [0.1, 0.15) is 16.1 Å². The Labute approximate surface area is 181 Å². The van der Waals surface area contributed by atoms with Gasteiger partial charge in [-0.3, -0.25) is 14.8 Å². The first kappa shape index (κ1) is 19.1. The van der Waals surface area contributed by atoms with E-state index in [-0.39, 0.29) is 5.91 Å². The molecule has 5 rings (SSSR count). The minimum atomic E-state index is -0.153. The molecule has 4 aromatic heterocycles. The number of hydrogen-bond donors (Lipinski definition) is 1. The van der Waals surface area contributed by atoms with Gasteiger partial charge < -0.3 is 9.84 Å². The fourth-order valence-electron chi connectivity index (χ4n) is 3.22. The maximum atomic E-state index is 12.6. The number of pyridine rings is 2. The number of carbonyl (C=O) groups is 1. The molecule has 7 nitrogen and oxygen atoms in total. The first-order chi connectivity index (χ1) is 15.3. The Hall–Kier alpha value is -3.91. The second-order valence-corrected chi connectivity index (χ2v) is 7.71. The van der Waals surface area contributed by atoms with Crippen LogP contribution < -0.4 is 5.32 Å². The van der Waals surface area contributed by atoms with Crippen LogP contribution in [0.15, 0.2) is 77.0 Å². The zero-order valence-corrected chi connectivity index (χ0v) is 17.2. The molecule has 5 aromatic rings. The number of aromatic nitrogens is 4. The fourth-order valence-corrected chi connectivity index (χ4v) is 4.02. The normalized spacial score (nSPS) is 11.0. The van der Waals surface area contributed by atoms with E-state index in [9.17, 15) is 4.79 Å². The van der Waals surface area contributed by atoms with Crippen molar-refractivity contribution in [3.05, 3.63) is 83.8 Å². The highest BCUT2D eigenvalue weighted by molar-refractivity contribution is 7.13. The molecule has 1 aromatic carbocycles. The first-order valence-corrected chi connectivity index (χ1v) is 10.6. The predicted octanol–water partition coefficient (Wildman–Crippen LogP) is 4.38. The lowest BCUT2D eigenvalue weighted by Crippen LogP contribution is -2.25. The number of fused-ring (bicyclic) bond motifs is 1. The summed E-state index contributed by atoms with van der Waals surface area (Å²) in [5, 5.41) is 10.7. The van der Waals surface area contributed by atoms with Gasteiger partial charge in [-0.25, -0.2) is 4.98 Å². The first-order valence-electron chi connectivity index (χ1n) is 9.72. The van der Waals surface area contributed by atoms with Crippen molar-refractivity contribution in [2.24, 2.45) is 0 Å². The van der Waals surface area contributed by atoms with Crippen LogP contribution in [0, 0.1) is 0 Å². The highest BCUT2D eigenvalue weighted by Gasteiger charge is 2.16. The van der Waals surface area contributed by atoms with Crippen LogP contribution >= 0.6 is 11.3 Å². The van der Waals surface area contributed by atoms with Crippen LogP contribution in [-0.2, 0) is 6.42 Å². The van der Waals surface area contributed by atoms with E-state index in [4.69, 9.17) is 4.52 Å². The molecule has 31 heavy (non-hydrogen) atoms. The molecule has 0 saturated heterocycles. The fraction of sp³-hybridized carbons (Fsp3) is 0.0870. The summed E-state index contributed by atoms with van der Waals surface area (Å²) in [4.78, 5) is 25.7. The maximum Gasteiger partial charge on any atom is 0.251 e. The molecule has 0 unspecified atom stereocenters. The number of amides is 1. The number of nitrogens with one attached hydrogen (secondary N) is 1. The topological polar surface area (TPSA) is 93.8 Å². The Kier molecular flexibility index (Phi) is 5.20. The van der Waals surface area contributed by atoms with Crippen molar-refractivity contribution in [1.82, 2.24) is 25.4 Å². The predicted molar refractivity (Wildman–Crippen MR) is 119 cm³/mol. The third-order valence-corrected chi connectivity index (χ3v) is 5.67. The molecule has 0 aliphatic carbocycles. The number of carbonyl (C=O) groups excluding carboxylic acids is 1. The summed E-state index contributed by atoms with van der Waals surface area (Å²) in [7, 11) is 0. The van der Waals surface area contributed by atoms with Crippen LogP contribution in [0.3, 0.4) is 0 Å². The zero-order chi connectivity index (χ0) is 21.0. The molecule has 8 heteroatoms. The van der Waals surface area contributed by atoms with Gasteiger partial charge in [-0.2, -0.15) is 0 Å². The van der Waals surface area contributed by atoms with Gasteiger partial charge >= 0.3 is 0 Å². The Morgan fingerprint density at radius 1 is 1.10 bits per heavy atom. The Bertz CT molecular complexity index is 1330. The molecule has 0 aliphatic rings. The van der Waals surface area contributed by atoms with Crippen molar-refractivity contribution in [2.45, 2.75) is 6.42 Å². The van der Waals surface area contributed by atoms with Crippen LogP contribution in [0.5, 0.6) is 0 Å². The molecule has 0 saturated carbocycles. The number of hydrogen-bond acceptors (Lipinski definition) is 7. The minimum absolute atomic E-state index is 0.153. The average Bonchev–Trinajstić information content (AvgIpc) is 3.47. The zero-order valence-electron chi connectivity index (χ0n) is 16.4. The Morgan fingerprint density at radius 2 is 2.06 bits per heavy atom. The molecule has 0 fully saturated rings. The van der Waals surface area contributed by atoms with E-state index in [2.05, 4.69) is 25.4 Å². The highest BCUT2D eigenvalue weighted by atomic mass is 32.1. The lowest BCUT2D eigenvalue weighted by molar-refractivity contribution is 0.0954. The van der Waals surface area contributed by atoms with Gasteiger partial charge in [-0.05, 0) is 42.5 Å². The largest absolute Gasteiger partial charge is 0.356 e. The molecule has 0 bridgehead atoms. The van der Waals surface area contributed by atoms with E-state index in [0.29, 0.717) is 35.5 Å². The van der Waals surface area contributed by atoms with Crippen molar-refractivity contribution in [1.29, 1.82) is 0 Å². The molecule has 1 amide bonds. The molecule has 0 radical (unpaired) electrons. The summed E-state index contributed by atoms with van der Waals surface area (Å²) >= 11 is 1.51. The van der Waals surface area contributed by atoms with E-state index >= 15 is 0 Å². The van der Waals surface area contributed by atoms with E-state index in [1.54, 1.807) is 36.8 Å². The van der Waals surface area contributed by atoms with Crippen molar-refractivity contribution >= 4 is 28.2 Å². The van der Waals surface area contributed by atoms with Gasteiger partial charge in [0.2, 0.25) is 0 Å². The molecule has 152 valence electrons. The van der Waals surface area contributed by atoms with Gasteiger partial charge in [-0.1, -0.05) is 11.2 Å². The van der Waals surface area contributed by atoms with Crippen molar-refractivity contribution < 1.29 is 9.32 Å².